The minimum atomic E-state index is -0.554. The molecule has 1 atom stereocenters. The first-order valence-corrected chi connectivity index (χ1v) is 9.42. The number of carbonyl (C=O) groups excluding carboxylic acids is 2. The van der Waals surface area contributed by atoms with E-state index >= 15 is 0 Å². The number of ether oxygens (including phenoxy) is 1. The Morgan fingerprint density at radius 2 is 1.82 bits per heavy atom. The third-order valence-electron chi connectivity index (χ3n) is 4.01. The largest absolute Gasteiger partial charge is 0.459 e. The SMILES string of the molecule is Cc1ccc(NC(=O)N[C@H](c2nccn2CC(=O)OC(C)(C)C)C(C)C)cc1. The summed E-state index contributed by atoms with van der Waals surface area (Å²) >= 11 is 0. The number of nitrogens with zero attached hydrogens (tertiary/aromatic N) is 2. The van der Waals surface area contributed by atoms with Crippen LogP contribution in [0.15, 0.2) is 36.7 Å². The number of hydrogen-bond acceptors (Lipinski definition) is 4. The van der Waals surface area contributed by atoms with Gasteiger partial charge in [0.05, 0.1) is 6.04 Å². The molecule has 2 aromatic rings. The van der Waals surface area contributed by atoms with E-state index in [-0.39, 0.29) is 30.5 Å². The first-order valence-electron chi connectivity index (χ1n) is 9.42. The Balaban J connectivity index is 2.09. The standard InChI is InChI=1S/C21H30N4O3/c1-14(2)18(24-20(27)23-16-9-7-15(3)8-10-16)19-22-11-12-25(19)13-17(26)28-21(4,5)6/h7-12,14,18H,13H2,1-6H3,(H2,23,24,27)/t18-/m0/s1. The van der Waals surface area contributed by atoms with Crippen molar-refractivity contribution in [1.29, 1.82) is 0 Å². The van der Waals surface area contributed by atoms with Crippen molar-refractivity contribution in [2.45, 2.75) is 59.7 Å². The average Bonchev–Trinajstić information content (AvgIpc) is 3.00. The molecule has 0 unspecified atom stereocenters. The number of rotatable bonds is 6. The van der Waals surface area contributed by atoms with E-state index in [4.69, 9.17) is 4.74 Å². The number of nitrogens with one attached hydrogen (secondary N) is 2. The van der Waals surface area contributed by atoms with Crippen LogP contribution in [0, 0.1) is 12.8 Å². The van der Waals surface area contributed by atoms with Crippen molar-refractivity contribution >= 4 is 17.7 Å². The van der Waals surface area contributed by atoms with E-state index in [1.807, 2.05) is 65.8 Å². The van der Waals surface area contributed by atoms with Crippen LogP contribution < -0.4 is 10.6 Å². The lowest BCUT2D eigenvalue weighted by Crippen LogP contribution is -2.37. The predicted octanol–water partition coefficient (Wildman–Crippen LogP) is 4.05. The minimum Gasteiger partial charge on any atom is -0.459 e. The number of imidazole rings is 1. The van der Waals surface area contributed by atoms with Gasteiger partial charge in [0.1, 0.15) is 18.0 Å². The molecule has 7 heteroatoms. The normalized spacial score (nSPS) is 12.5. The lowest BCUT2D eigenvalue weighted by molar-refractivity contribution is -0.155. The van der Waals surface area contributed by atoms with Crippen LogP contribution in [0.3, 0.4) is 0 Å². The molecule has 2 amide bonds. The Bertz CT molecular complexity index is 804. The van der Waals surface area contributed by atoms with E-state index in [2.05, 4.69) is 15.6 Å². The van der Waals surface area contributed by atoms with Gasteiger partial charge in [0, 0.05) is 18.1 Å². The quantitative estimate of drug-likeness (QED) is 0.734. The van der Waals surface area contributed by atoms with Gasteiger partial charge in [-0.15, -0.1) is 0 Å². The van der Waals surface area contributed by atoms with E-state index in [1.54, 1.807) is 17.0 Å². The highest BCUT2D eigenvalue weighted by molar-refractivity contribution is 5.89. The number of benzene rings is 1. The molecule has 0 aliphatic heterocycles. The van der Waals surface area contributed by atoms with Gasteiger partial charge in [-0.25, -0.2) is 9.78 Å². The Morgan fingerprint density at radius 1 is 1.18 bits per heavy atom. The summed E-state index contributed by atoms with van der Waals surface area (Å²) in [4.78, 5) is 29.0. The molecule has 0 saturated heterocycles. The minimum absolute atomic E-state index is 0.0388. The van der Waals surface area contributed by atoms with E-state index in [0.29, 0.717) is 11.5 Å². The van der Waals surface area contributed by atoms with Gasteiger partial charge in [-0.3, -0.25) is 4.79 Å². The van der Waals surface area contributed by atoms with Gasteiger partial charge in [0.15, 0.2) is 0 Å². The van der Waals surface area contributed by atoms with Crippen molar-refractivity contribution in [2.75, 3.05) is 5.32 Å². The lowest BCUT2D eigenvalue weighted by Gasteiger charge is -2.24. The molecule has 1 aromatic heterocycles. The summed E-state index contributed by atoms with van der Waals surface area (Å²) in [5, 5.41) is 5.79. The monoisotopic (exact) mass is 386 g/mol. The summed E-state index contributed by atoms with van der Waals surface area (Å²) < 4.78 is 7.10. The predicted molar refractivity (Wildman–Crippen MR) is 109 cm³/mol. The maximum atomic E-state index is 12.5. The molecule has 1 heterocycles. The number of carbonyl (C=O) groups is 2. The van der Waals surface area contributed by atoms with Crippen LogP contribution in [0.5, 0.6) is 0 Å². The van der Waals surface area contributed by atoms with Gasteiger partial charge in [-0.2, -0.15) is 0 Å². The summed E-state index contributed by atoms with van der Waals surface area (Å²) in [6, 6.07) is 6.88. The molecule has 0 fully saturated rings. The topological polar surface area (TPSA) is 85.3 Å². The summed E-state index contributed by atoms with van der Waals surface area (Å²) in [6.07, 6.45) is 3.34. The highest BCUT2D eigenvalue weighted by atomic mass is 16.6. The molecule has 152 valence electrons. The van der Waals surface area contributed by atoms with Crippen molar-refractivity contribution in [3.8, 4) is 0 Å². The molecule has 28 heavy (non-hydrogen) atoms. The van der Waals surface area contributed by atoms with Crippen molar-refractivity contribution in [3.05, 3.63) is 48.0 Å². The Morgan fingerprint density at radius 3 is 2.39 bits per heavy atom. The number of anilines is 1. The molecule has 7 nitrogen and oxygen atoms in total. The van der Waals surface area contributed by atoms with Crippen molar-refractivity contribution in [1.82, 2.24) is 14.9 Å². The van der Waals surface area contributed by atoms with E-state index < -0.39 is 5.60 Å². The molecular weight excluding hydrogens is 356 g/mol. The summed E-state index contributed by atoms with van der Waals surface area (Å²) in [5.41, 5.74) is 1.28. The van der Waals surface area contributed by atoms with Crippen LogP contribution in [0.4, 0.5) is 10.5 Å². The van der Waals surface area contributed by atoms with Gasteiger partial charge in [0.2, 0.25) is 0 Å². The highest BCUT2D eigenvalue weighted by Crippen LogP contribution is 2.21. The van der Waals surface area contributed by atoms with Crippen LogP contribution in [0.2, 0.25) is 0 Å². The van der Waals surface area contributed by atoms with Crippen molar-refractivity contribution < 1.29 is 14.3 Å². The molecule has 2 rings (SSSR count). The van der Waals surface area contributed by atoms with Gasteiger partial charge >= 0.3 is 12.0 Å². The molecule has 0 spiro atoms. The van der Waals surface area contributed by atoms with Crippen molar-refractivity contribution in [3.63, 3.8) is 0 Å². The maximum absolute atomic E-state index is 12.5. The molecule has 0 aliphatic carbocycles. The number of aromatic nitrogens is 2. The second-order valence-corrected chi connectivity index (χ2v) is 8.19. The lowest BCUT2D eigenvalue weighted by atomic mass is 10.0. The fourth-order valence-electron chi connectivity index (χ4n) is 2.72. The Hall–Kier alpha value is -2.83. The van der Waals surface area contributed by atoms with E-state index in [1.165, 1.54) is 0 Å². The summed E-state index contributed by atoms with van der Waals surface area (Å²) in [7, 11) is 0. The van der Waals surface area contributed by atoms with Crippen LogP contribution in [-0.2, 0) is 16.1 Å². The molecule has 2 N–H and O–H groups in total. The molecule has 0 bridgehead atoms. The van der Waals surface area contributed by atoms with E-state index in [9.17, 15) is 9.59 Å². The molecule has 0 saturated carbocycles. The second kappa shape index (κ2) is 8.91. The Kier molecular flexibility index (Phi) is 6.83. The number of aryl methyl sites for hydroxylation is 1. The first kappa shape index (κ1) is 21.5. The van der Waals surface area contributed by atoms with Gasteiger partial charge in [-0.05, 0) is 45.7 Å². The van der Waals surface area contributed by atoms with E-state index in [0.717, 1.165) is 5.56 Å². The van der Waals surface area contributed by atoms with Crippen LogP contribution in [0.25, 0.3) is 0 Å². The fourth-order valence-corrected chi connectivity index (χ4v) is 2.72. The van der Waals surface area contributed by atoms with Gasteiger partial charge in [-0.1, -0.05) is 31.5 Å². The zero-order valence-electron chi connectivity index (χ0n) is 17.4. The number of urea groups is 1. The number of hydrogen-bond donors (Lipinski definition) is 2. The first-order chi connectivity index (χ1) is 13.0. The third kappa shape index (κ3) is 6.40. The van der Waals surface area contributed by atoms with Crippen LogP contribution in [0.1, 0.15) is 52.0 Å². The highest BCUT2D eigenvalue weighted by Gasteiger charge is 2.25. The van der Waals surface area contributed by atoms with Crippen molar-refractivity contribution in [2.24, 2.45) is 5.92 Å². The number of esters is 1. The Labute approximate surface area is 166 Å². The zero-order chi connectivity index (χ0) is 20.9. The smallest absolute Gasteiger partial charge is 0.326 e. The summed E-state index contributed by atoms with van der Waals surface area (Å²) in [6.45, 7) is 11.5. The molecule has 1 aromatic carbocycles. The zero-order valence-corrected chi connectivity index (χ0v) is 17.4. The molecular formula is C21H30N4O3. The summed E-state index contributed by atoms with van der Waals surface area (Å²) in [5.74, 6) is 0.335. The van der Waals surface area contributed by atoms with Crippen LogP contribution >= 0.6 is 0 Å². The molecule has 0 aliphatic rings. The average molecular weight is 386 g/mol. The fraction of sp³-hybridized carbons (Fsp3) is 0.476. The van der Waals surface area contributed by atoms with Gasteiger partial charge in [0.25, 0.3) is 0 Å². The number of amides is 2. The maximum Gasteiger partial charge on any atom is 0.326 e. The van der Waals surface area contributed by atoms with Gasteiger partial charge < -0.3 is 19.9 Å². The van der Waals surface area contributed by atoms with Crippen LogP contribution in [-0.4, -0.2) is 27.2 Å². The third-order valence-corrected chi connectivity index (χ3v) is 4.01. The molecule has 0 radical (unpaired) electrons. The second-order valence-electron chi connectivity index (χ2n) is 8.19.